The number of nitrogen functional groups attached to an aromatic ring is 1. The Morgan fingerprint density at radius 1 is 1.33 bits per heavy atom. The summed E-state index contributed by atoms with van der Waals surface area (Å²) >= 11 is 0. The molecule has 2 rings (SSSR count). The average Bonchev–Trinajstić information content (AvgIpc) is 2.37. The minimum atomic E-state index is -0.198. The molecular weight excluding hydrogens is 228 g/mol. The predicted molar refractivity (Wildman–Crippen MR) is 70.4 cm³/mol. The molecule has 0 aliphatic rings. The summed E-state index contributed by atoms with van der Waals surface area (Å²) in [6.45, 7) is 1.84. The van der Waals surface area contributed by atoms with Gasteiger partial charge in [0, 0.05) is 18.9 Å². The molecule has 0 radical (unpaired) electrons. The zero-order chi connectivity index (χ0) is 13.1. The van der Waals surface area contributed by atoms with Crippen LogP contribution in [0.5, 0.6) is 0 Å². The molecule has 2 aromatic rings. The van der Waals surface area contributed by atoms with Crippen molar-refractivity contribution in [1.29, 1.82) is 0 Å². The number of anilines is 2. The molecule has 18 heavy (non-hydrogen) atoms. The number of carbonyl (C=O) groups is 1. The van der Waals surface area contributed by atoms with Crippen LogP contribution in [-0.4, -0.2) is 22.9 Å². The molecule has 92 valence electrons. The van der Waals surface area contributed by atoms with Gasteiger partial charge in [-0.25, -0.2) is 4.98 Å². The predicted octanol–water partition coefficient (Wildman–Crippen LogP) is 1.64. The number of pyridine rings is 2. The molecule has 2 heterocycles. The molecule has 5 heteroatoms. The third-order valence-electron chi connectivity index (χ3n) is 2.60. The van der Waals surface area contributed by atoms with Gasteiger partial charge in [-0.2, -0.15) is 0 Å². The van der Waals surface area contributed by atoms with E-state index in [2.05, 4.69) is 9.97 Å². The highest BCUT2D eigenvalue weighted by Crippen LogP contribution is 2.21. The fourth-order valence-electron chi connectivity index (χ4n) is 1.65. The Bertz CT molecular complexity index is 583. The molecule has 0 spiro atoms. The smallest absolute Gasteiger partial charge is 0.276 e. The number of hydrogen-bond acceptors (Lipinski definition) is 4. The van der Waals surface area contributed by atoms with E-state index in [9.17, 15) is 4.79 Å². The second-order valence-electron chi connectivity index (χ2n) is 3.96. The van der Waals surface area contributed by atoms with E-state index in [-0.39, 0.29) is 5.91 Å². The third kappa shape index (κ3) is 2.29. The van der Waals surface area contributed by atoms with Crippen LogP contribution in [0, 0.1) is 6.92 Å². The Morgan fingerprint density at radius 3 is 2.78 bits per heavy atom. The maximum Gasteiger partial charge on any atom is 0.276 e. The Hall–Kier alpha value is -2.43. The zero-order valence-electron chi connectivity index (χ0n) is 10.3. The number of rotatable bonds is 2. The van der Waals surface area contributed by atoms with Crippen molar-refractivity contribution in [3.8, 4) is 0 Å². The van der Waals surface area contributed by atoms with Gasteiger partial charge in [0.2, 0.25) is 0 Å². The van der Waals surface area contributed by atoms with Crippen molar-refractivity contribution >= 4 is 17.3 Å². The van der Waals surface area contributed by atoms with Crippen LogP contribution in [0.25, 0.3) is 0 Å². The van der Waals surface area contributed by atoms with Gasteiger partial charge in [0.05, 0.1) is 17.6 Å². The summed E-state index contributed by atoms with van der Waals surface area (Å²) in [6.07, 6.45) is 3.11. The van der Waals surface area contributed by atoms with E-state index >= 15 is 0 Å². The van der Waals surface area contributed by atoms with E-state index in [1.165, 1.54) is 11.1 Å². The summed E-state index contributed by atoms with van der Waals surface area (Å²) in [4.78, 5) is 21.8. The molecule has 0 aliphatic carbocycles. The molecule has 0 aliphatic heterocycles. The van der Waals surface area contributed by atoms with Crippen molar-refractivity contribution in [2.45, 2.75) is 6.92 Å². The summed E-state index contributed by atoms with van der Waals surface area (Å²) in [5, 5.41) is 0. The van der Waals surface area contributed by atoms with Crippen LogP contribution < -0.4 is 10.6 Å². The SMILES string of the molecule is Cc1cccc(C(=O)N(C)c2ccncc2N)n1. The van der Waals surface area contributed by atoms with Gasteiger partial charge in [-0.15, -0.1) is 0 Å². The zero-order valence-corrected chi connectivity index (χ0v) is 10.3. The molecule has 0 aromatic carbocycles. The second-order valence-corrected chi connectivity index (χ2v) is 3.96. The van der Waals surface area contributed by atoms with Crippen molar-refractivity contribution in [2.75, 3.05) is 17.7 Å². The number of nitrogens with two attached hydrogens (primary N) is 1. The van der Waals surface area contributed by atoms with Crippen molar-refractivity contribution in [2.24, 2.45) is 0 Å². The van der Waals surface area contributed by atoms with E-state index in [0.29, 0.717) is 17.1 Å². The van der Waals surface area contributed by atoms with Crippen LogP contribution in [-0.2, 0) is 0 Å². The topological polar surface area (TPSA) is 72.1 Å². The first kappa shape index (κ1) is 12.0. The molecule has 0 atom stereocenters. The normalized spacial score (nSPS) is 10.1. The molecule has 2 aromatic heterocycles. The van der Waals surface area contributed by atoms with Gasteiger partial charge >= 0.3 is 0 Å². The highest BCUT2D eigenvalue weighted by Gasteiger charge is 2.16. The van der Waals surface area contributed by atoms with Gasteiger partial charge < -0.3 is 10.6 Å². The first-order valence-corrected chi connectivity index (χ1v) is 5.51. The first-order chi connectivity index (χ1) is 8.59. The maximum absolute atomic E-state index is 12.2. The lowest BCUT2D eigenvalue weighted by Crippen LogP contribution is -2.28. The standard InChI is InChI=1S/C13H14N4O/c1-9-4-3-5-11(16-9)13(18)17(2)12-6-7-15-8-10(12)14/h3-8H,14H2,1-2H3. The van der Waals surface area contributed by atoms with E-state index in [1.54, 1.807) is 31.4 Å². The fourth-order valence-corrected chi connectivity index (χ4v) is 1.65. The first-order valence-electron chi connectivity index (χ1n) is 5.51. The van der Waals surface area contributed by atoms with Crippen LogP contribution in [0.1, 0.15) is 16.2 Å². The van der Waals surface area contributed by atoms with Gasteiger partial charge in [0.25, 0.3) is 5.91 Å². The Balaban J connectivity index is 2.32. The monoisotopic (exact) mass is 242 g/mol. The lowest BCUT2D eigenvalue weighted by molar-refractivity contribution is 0.0988. The van der Waals surface area contributed by atoms with Crippen LogP contribution in [0.3, 0.4) is 0 Å². The maximum atomic E-state index is 12.2. The quantitative estimate of drug-likeness (QED) is 0.869. The lowest BCUT2D eigenvalue weighted by Gasteiger charge is -2.18. The number of aromatic nitrogens is 2. The number of hydrogen-bond donors (Lipinski definition) is 1. The number of amides is 1. The average molecular weight is 242 g/mol. The lowest BCUT2D eigenvalue weighted by atomic mass is 10.2. The van der Waals surface area contributed by atoms with Crippen molar-refractivity contribution < 1.29 is 4.79 Å². The summed E-state index contributed by atoms with van der Waals surface area (Å²) < 4.78 is 0. The number of nitrogens with zero attached hydrogens (tertiary/aromatic N) is 3. The summed E-state index contributed by atoms with van der Waals surface area (Å²) in [5.74, 6) is -0.198. The number of aryl methyl sites for hydroxylation is 1. The molecule has 0 saturated heterocycles. The molecule has 5 nitrogen and oxygen atoms in total. The Morgan fingerprint density at radius 2 is 2.11 bits per heavy atom. The summed E-state index contributed by atoms with van der Waals surface area (Å²) in [5.41, 5.74) is 8.07. The van der Waals surface area contributed by atoms with Crippen LogP contribution in [0.2, 0.25) is 0 Å². The molecule has 0 fully saturated rings. The Kier molecular flexibility index (Phi) is 3.23. The van der Waals surface area contributed by atoms with Gasteiger partial charge in [0.15, 0.2) is 0 Å². The van der Waals surface area contributed by atoms with Crippen LogP contribution in [0.15, 0.2) is 36.7 Å². The molecular formula is C13H14N4O. The van der Waals surface area contributed by atoms with Gasteiger partial charge in [0.1, 0.15) is 5.69 Å². The van der Waals surface area contributed by atoms with Crippen molar-refractivity contribution in [3.05, 3.63) is 48.0 Å². The highest BCUT2D eigenvalue weighted by atomic mass is 16.2. The van der Waals surface area contributed by atoms with E-state index in [0.717, 1.165) is 5.69 Å². The summed E-state index contributed by atoms with van der Waals surface area (Å²) in [6, 6.07) is 7.03. The second kappa shape index (κ2) is 4.83. The van der Waals surface area contributed by atoms with E-state index in [4.69, 9.17) is 5.73 Å². The third-order valence-corrected chi connectivity index (χ3v) is 2.60. The molecule has 2 N–H and O–H groups in total. The molecule has 0 unspecified atom stereocenters. The largest absolute Gasteiger partial charge is 0.396 e. The highest BCUT2D eigenvalue weighted by molar-refractivity contribution is 6.05. The van der Waals surface area contributed by atoms with Gasteiger partial charge in [-0.1, -0.05) is 6.07 Å². The molecule has 0 saturated carbocycles. The van der Waals surface area contributed by atoms with Crippen LogP contribution in [0.4, 0.5) is 11.4 Å². The number of carbonyl (C=O) groups excluding carboxylic acids is 1. The van der Waals surface area contributed by atoms with Crippen molar-refractivity contribution in [3.63, 3.8) is 0 Å². The summed E-state index contributed by atoms with van der Waals surface area (Å²) in [7, 11) is 1.66. The minimum absolute atomic E-state index is 0.198. The van der Waals surface area contributed by atoms with E-state index in [1.807, 2.05) is 13.0 Å². The van der Waals surface area contributed by atoms with E-state index < -0.39 is 0 Å². The Labute approximate surface area is 105 Å². The van der Waals surface area contributed by atoms with Gasteiger partial charge in [-0.3, -0.25) is 9.78 Å². The fraction of sp³-hybridized carbons (Fsp3) is 0.154. The van der Waals surface area contributed by atoms with Crippen molar-refractivity contribution in [1.82, 2.24) is 9.97 Å². The minimum Gasteiger partial charge on any atom is -0.396 e. The van der Waals surface area contributed by atoms with Gasteiger partial charge in [-0.05, 0) is 25.1 Å². The molecule has 0 bridgehead atoms. The molecule has 1 amide bonds. The van der Waals surface area contributed by atoms with Crippen LogP contribution >= 0.6 is 0 Å².